The predicted octanol–water partition coefficient (Wildman–Crippen LogP) is 6.84. The SMILES string of the molecule is CCc1ccc2nc(-c3ccc(-c4ccc(Br)c(Cl)c4)o3)cc(C(=O)O)c2c1. The molecule has 0 spiro atoms. The van der Waals surface area contributed by atoms with Gasteiger partial charge in [0.15, 0.2) is 5.76 Å². The molecule has 4 nitrogen and oxygen atoms in total. The Hall–Kier alpha value is -2.63. The number of pyridine rings is 1. The molecule has 0 saturated heterocycles. The van der Waals surface area contributed by atoms with E-state index in [1.54, 1.807) is 18.2 Å². The molecule has 4 rings (SSSR count). The second-order valence-corrected chi connectivity index (χ2v) is 7.62. The maximum absolute atomic E-state index is 11.8. The van der Waals surface area contributed by atoms with Gasteiger partial charge in [-0.1, -0.05) is 30.7 Å². The Bertz CT molecular complexity index is 1220. The van der Waals surface area contributed by atoms with Gasteiger partial charge in [0.25, 0.3) is 0 Å². The highest BCUT2D eigenvalue weighted by Crippen LogP contribution is 2.33. The summed E-state index contributed by atoms with van der Waals surface area (Å²) in [5, 5.41) is 10.9. The van der Waals surface area contributed by atoms with Gasteiger partial charge in [0.2, 0.25) is 0 Å². The highest BCUT2D eigenvalue weighted by Gasteiger charge is 2.16. The van der Waals surface area contributed by atoms with Crippen LogP contribution in [0.15, 0.2) is 63.5 Å². The summed E-state index contributed by atoms with van der Waals surface area (Å²) >= 11 is 9.54. The lowest BCUT2D eigenvalue weighted by atomic mass is 10.0. The number of carbonyl (C=O) groups is 1. The van der Waals surface area contributed by atoms with Gasteiger partial charge in [-0.15, -0.1) is 0 Å². The average molecular weight is 457 g/mol. The molecule has 140 valence electrons. The summed E-state index contributed by atoms with van der Waals surface area (Å²) in [7, 11) is 0. The van der Waals surface area contributed by atoms with Crippen LogP contribution in [0, 0.1) is 0 Å². The van der Waals surface area contributed by atoms with Gasteiger partial charge in [0, 0.05) is 15.4 Å². The van der Waals surface area contributed by atoms with E-state index in [1.165, 1.54) is 0 Å². The van der Waals surface area contributed by atoms with Gasteiger partial charge >= 0.3 is 5.97 Å². The minimum atomic E-state index is -0.992. The van der Waals surface area contributed by atoms with E-state index < -0.39 is 5.97 Å². The van der Waals surface area contributed by atoms with E-state index in [-0.39, 0.29) is 5.56 Å². The topological polar surface area (TPSA) is 63.3 Å². The molecule has 2 heterocycles. The Morgan fingerprint density at radius 1 is 1.11 bits per heavy atom. The number of nitrogens with zero attached hydrogens (tertiary/aromatic N) is 1. The minimum Gasteiger partial charge on any atom is -0.478 e. The van der Waals surface area contributed by atoms with Crippen LogP contribution < -0.4 is 0 Å². The fourth-order valence-electron chi connectivity index (χ4n) is 3.08. The first-order valence-electron chi connectivity index (χ1n) is 8.69. The third kappa shape index (κ3) is 3.43. The van der Waals surface area contributed by atoms with E-state index in [2.05, 4.69) is 20.9 Å². The number of carboxylic acid groups (broad SMARTS) is 1. The maximum Gasteiger partial charge on any atom is 0.336 e. The van der Waals surface area contributed by atoms with Gasteiger partial charge < -0.3 is 9.52 Å². The van der Waals surface area contributed by atoms with Crippen LogP contribution in [-0.2, 0) is 6.42 Å². The van der Waals surface area contributed by atoms with Crippen molar-refractivity contribution in [3.8, 4) is 22.8 Å². The molecule has 1 N–H and O–H groups in total. The molecule has 4 aromatic rings. The van der Waals surface area contributed by atoms with Crippen LogP contribution in [0.1, 0.15) is 22.8 Å². The molecule has 0 unspecified atom stereocenters. The van der Waals surface area contributed by atoms with Crippen molar-refractivity contribution < 1.29 is 14.3 Å². The van der Waals surface area contributed by atoms with E-state index in [4.69, 9.17) is 16.0 Å². The van der Waals surface area contributed by atoms with E-state index in [9.17, 15) is 9.90 Å². The number of fused-ring (bicyclic) bond motifs is 1. The molecule has 0 radical (unpaired) electrons. The predicted molar refractivity (Wildman–Crippen MR) is 114 cm³/mol. The summed E-state index contributed by atoms with van der Waals surface area (Å²) in [6, 6.07) is 16.4. The van der Waals surface area contributed by atoms with Gasteiger partial charge in [-0.2, -0.15) is 0 Å². The second-order valence-electron chi connectivity index (χ2n) is 6.36. The van der Waals surface area contributed by atoms with E-state index in [0.29, 0.717) is 33.1 Å². The molecule has 0 amide bonds. The Morgan fingerprint density at radius 3 is 2.61 bits per heavy atom. The van der Waals surface area contributed by atoms with E-state index >= 15 is 0 Å². The molecule has 0 atom stereocenters. The van der Waals surface area contributed by atoms with Crippen molar-refractivity contribution in [2.24, 2.45) is 0 Å². The second kappa shape index (κ2) is 7.41. The molecule has 28 heavy (non-hydrogen) atoms. The first-order valence-corrected chi connectivity index (χ1v) is 9.86. The number of benzene rings is 2. The zero-order valence-corrected chi connectivity index (χ0v) is 17.2. The Labute approximate surface area is 174 Å². The number of furan rings is 1. The molecule has 0 fully saturated rings. The van der Waals surface area contributed by atoms with Crippen LogP contribution in [0.5, 0.6) is 0 Å². The molecule has 0 bridgehead atoms. The van der Waals surface area contributed by atoms with Gasteiger partial charge in [-0.05, 0) is 70.4 Å². The number of aromatic nitrogens is 1. The van der Waals surface area contributed by atoms with Crippen molar-refractivity contribution in [1.82, 2.24) is 4.98 Å². The van der Waals surface area contributed by atoms with E-state index in [0.717, 1.165) is 22.0 Å². The van der Waals surface area contributed by atoms with Gasteiger partial charge in [0.1, 0.15) is 11.5 Å². The number of hydrogen-bond acceptors (Lipinski definition) is 3. The summed E-state index contributed by atoms with van der Waals surface area (Å²) in [5.41, 5.74) is 3.20. The van der Waals surface area contributed by atoms with Crippen LogP contribution >= 0.6 is 27.5 Å². The maximum atomic E-state index is 11.8. The Kier molecular flexibility index (Phi) is 4.96. The highest BCUT2D eigenvalue weighted by atomic mass is 79.9. The smallest absolute Gasteiger partial charge is 0.336 e. The summed E-state index contributed by atoms with van der Waals surface area (Å²) in [6.07, 6.45) is 0.827. The standard InChI is InChI=1S/C22H15BrClNO3/c1-2-12-3-6-18-14(9-12)15(22(26)27)11-19(25-18)21-8-7-20(28-21)13-4-5-16(23)17(24)10-13/h3-11H,2H2,1H3,(H,26,27). The largest absolute Gasteiger partial charge is 0.478 e. The van der Waals surface area contributed by atoms with Crippen LogP contribution in [0.3, 0.4) is 0 Å². The highest BCUT2D eigenvalue weighted by molar-refractivity contribution is 9.10. The third-order valence-electron chi connectivity index (χ3n) is 4.57. The molecule has 0 aliphatic heterocycles. The number of hydrogen-bond donors (Lipinski definition) is 1. The minimum absolute atomic E-state index is 0.208. The number of aryl methyl sites for hydroxylation is 1. The molecule has 0 saturated carbocycles. The molecular weight excluding hydrogens is 442 g/mol. The van der Waals surface area contributed by atoms with Gasteiger partial charge in [0.05, 0.1) is 16.1 Å². The zero-order chi connectivity index (χ0) is 19.8. The lowest BCUT2D eigenvalue weighted by Gasteiger charge is -2.07. The van der Waals surface area contributed by atoms with Crippen LogP contribution in [0.2, 0.25) is 5.02 Å². The zero-order valence-electron chi connectivity index (χ0n) is 14.9. The van der Waals surface area contributed by atoms with Crippen molar-refractivity contribution in [3.05, 3.63) is 75.2 Å². The monoisotopic (exact) mass is 455 g/mol. The lowest BCUT2D eigenvalue weighted by molar-refractivity contribution is 0.0699. The number of carboxylic acids is 1. The van der Waals surface area contributed by atoms with Crippen molar-refractivity contribution in [3.63, 3.8) is 0 Å². The molecular formula is C22H15BrClNO3. The van der Waals surface area contributed by atoms with Crippen molar-refractivity contribution in [2.75, 3.05) is 0 Å². The summed E-state index contributed by atoms with van der Waals surface area (Å²) in [4.78, 5) is 16.4. The molecule has 0 aliphatic carbocycles. The summed E-state index contributed by atoms with van der Waals surface area (Å²) in [5.74, 6) is 0.135. The quantitative estimate of drug-likeness (QED) is 0.365. The van der Waals surface area contributed by atoms with Crippen molar-refractivity contribution >= 4 is 44.4 Å². The molecule has 2 aromatic heterocycles. The first-order chi connectivity index (χ1) is 13.5. The van der Waals surface area contributed by atoms with Gasteiger partial charge in [-0.25, -0.2) is 9.78 Å². The van der Waals surface area contributed by atoms with Crippen molar-refractivity contribution in [1.29, 1.82) is 0 Å². The van der Waals surface area contributed by atoms with Crippen molar-refractivity contribution in [2.45, 2.75) is 13.3 Å². The molecule has 2 aromatic carbocycles. The fourth-order valence-corrected chi connectivity index (χ4v) is 3.50. The summed E-state index contributed by atoms with van der Waals surface area (Å²) in [6.45, 7) is 2.03. The average Bonchev–Trinajstić information content (AvgIpc) is 3.19. The summed E-state index contributed by atoms with van der Waals surface area (Å²) < 4.78 is 6.75. The van der Waals surface area contributed by atoms with Crippen LogP contribution in [0.25, 0.3) is 33.7 Å². The lowest BCUT2D eigenvalue weighted by Crippen LogP contribution is -2.00. The molecule has 0 aliphatic rings. The van der Waals surface area contributed by atoms with E-state index in [1.807, 2.05) is 43.3 Å². The first kappa shape index (κ1) is 18.7. The van der Waals surface area contributed by atoms with Gasteiger partial charge in [-0.3, -0.25) is 0 Å². The fraction of sp³-hybridized carbons (Fsp3) is 0.0909. The Balaban J connectivity index is 1.82. The number of rotatable bonds is 4. The van der Waals surface area contributed by atoms with Crippen LogP contribution in [0.4, 0.5) is 0 Å². The Morgan fingerprint density at radius 2 is 1.89 bits per heavy atom. The number of halogens is 2. The molecule has 6 heteroatoms. The van der Waals surface area contributed by atoms with Crippen LogP contribution in [-0.4, -0.2) is 16.1 Å². The third-order valence-corrected chi connectivity index (χ3v) is 5.81. The number of aromatic carboxylic acids is 1. The normalized spacial score (nSPS) is 11.1.